The Morgan fingerprint density at radius 1 is 1.46 bits per heavy atom. The smallest absolute Gasteiger partial charge is 0.220 e. The molecule has 1 amide bonds. The monoisotopic (exact) mass is 202 g/mol. The van der Waals surface area contributed by atoms with Crippen molar-refractivity contribution in [1.82, 2.24) is 5.32 Å². The summed E-state index contributed by atoms with van der Waals surface area (Å²) in [6.07, 6.45) is 2.62. The van der Waals surface area contributed by atoms with Crippen LogP contribution in [-0.2, 0) is 4.79 Å². The summed E-state index contributed by atoms with van der Waals surface area (Å²) < 4.78 is 0. The Balaban J connectivity index is 3.52. The van der Waals surface area contributed by atoms with Crippen molar-refractivity contribution in [3.05, 3.63) is 6.54 Å². The summed E-state index contributed by atoms with van der Waals surface area (Å²) in [6.45, 7) is 8.20. The average Bonchev–Trinajstić information content (AvgIpc) is 2.12. The first kappa shape index (κ1) is 12.8. The van der Waals surface area contributed by atoms with Crippen molar-refractivity contribution in [1.29, 1.82) is 0 Å². The molecular formula is C10H20NOS. The van der Waals surface area contributed by atoms with Gasteiger partial charge in [-0.15, -0.1) is 0 Å². The summed E-state index contributed by atoms with van der Waals surface area (Å²) in [6, 6.07) is 0. The van der Waals surface area contributed by atoms with Gasteiger partial charge in [-0.3, -0.25) is 4.79 Å². The molecule has 0 saturated heterocycles. The van der Waals surface area contributed by atoms with Crippen molar-refractivity contribution in [3.8, 4) is 0 Å². The molecule has 0 bridgehead atoms. The highest BCUT2D eigenvalue weighted by Gasteiger charge is 2.07. The molecule has 0 aliphatic rings. The molecule has 13 heavy (non-hydrogen) atoms. The van der Waals surface area contributed by atoms with Crippen LogP contribution in [0.25, 0.3) is 0 Å². The Labute approximate surface area is 85.9 Å². The van der Waals surface area contributed by atoms with Gasteiger partial charge in [0, 0.05) is 11.7 Å². The molecule has 3 heteroatoms. The third kappa shape index (κ3) is 6.94. The largest absolute Gasteiger partial charge is 0.350 e. The fourth-order valence-corrected chi connectivity index (χ4v) is 1.81. The predicted octanol–water partition coefficient (Wildman–Crippen LogP) is 2.60. The van der Waals surface area contributed by atoms with E-state index in [-0.39, 0.29) is 5.91 Å². The zero-order chi connectivity index (χ0) is 10.1. The summed E-state index contributed by atoms with van der Waals surface area (Å²) in [7, 11) is 0. The summed E-state index contributed by atoms with van der Waals surface area (Å²) >= 11 is 1.87. The zero-order valence-electron chi connectivity index (χ0n) is 8.80. The number of nitrogens with one attached hydrogen (secondary N) is 1. The van der Waals surface area contributed by atoms with Gasteiger partial charge in [0.25, 0.3) is 0 Å². The van der Waals surface area contributed by atoms with Crippen LogP contribution in [0.15, 0.2) is 0 Å². The van der Waals surface area contributed by atoms with Gasteiger partial charge in [0.15, 0.2) is 0 Å². The normalized spacial score (nSPS) is 12.5. The number of carbonyl (C=O) groups is 1. The predicted molar refractivity (Wildman–Crippen MR) is 59.6 cm³/mol. The molecule has 2 nitrogen and oxygen atoms in total. The van der Waals surface area contributed by atoms with Crippen LogP contribution in [0.4, 0.5) is 0 Å². The molecule has 0 aromatic heterocycles. The molecule has 0 heterocycles. The number of hydrogen-bond acceptors (Lipinski definition) is 2. The van der Waals surface area contributed by atoms with E-state index in [1.54, 1.807) is 0 Å². The molecule has 0 spiro atoms. The first-order valence-electron chi connectivity index (χ1n) is 4.98. The van der Waals surface area contributed by atoms with Gasteiger partial charge in [-0.1, -0.05) is 20.8 Å². The van der Waals surface area contributed by atoms with Gasteiger partial charge in [0.2, 0.25) is 5.91 Å². The molecule has 0 aromatic rings. The molecule has 1 N–H and O–H groups in total. The summed E-state index contributed by atoms with van der Waals surface area (Å²) in [5.74, 6) is 1.23. The number of thioether (sulfide) groups is 1. The standard InChI is InChI=1S/C10H20NOS/c1-4-7-10(12)11-8-9(5-2)13-6-3/h8-9H,4-7H2,1-3H3,(H,11,12). The average molecular weight is 202 g/mol. The molecule has 0 saturated carbocycles. The maximum Gasteiger partial charge on any atom is 0.220 e. The maximum absolute atomic E-state index is 11.1. The first-order valence-corrected chi connectivity index (χ1v) is 6.03. The fraction of sp³-hybridized carbons (Fsp3) is 0.800. The minimum Gasteiger partial charge on any atom is -0.350 e. The van der Waals surface area contributed by atoms with E-state index in [2.05, 4.69) is 19.2 Å². The molecule has 0 fully saturated rings. The Hall–Kier alpha value is -0.180. The molecule has 1 radical (unpaired) electrons. The van der Waals surface area contributed by atoms with E-state index in [1.807, 2.05) is 25.2 Å². The number of rotatable bonds is 7. The van der Waals surface area contributed by atoms with Crippen molar-refractivity contribution in [3.63, 3.8) is 0 Å². The van der Waals surface area contributed by atoms with Crippen molar-refractivity contribution >= 4 is 17.7 Å². The molecule has 77 valence electrons. The third-order valence-corrected chi connectivity index (χ3v) is 2.92. The van der Waals surface area contributed by atoms with Crippen LogP contribution in [-0.4, -0.2) is 16.9 Å². The van der Waals surface area contributed by atoms with E-state index in [9.17, 15) is 4.79 Å². The summed E-state index contributed by atoms with van der Waals surface area (Å²) in [5, 5.41) is 3.30. The highest BCUT2D eigenvalue weighted by molar-refractivity contribution is 7.99. The van der Waals surface area contributed by atoms with Gasteiger partial charge < -0.3 is 5.32 Å². The van der Waals surface area contributed by atoms with E-state index in [1.165, 1.54) is 0 Å². The van der Waals surface area contributed by atoms with Crippen LogP contribution in [0.1, 0.15) is 40.0 Å². The van der Waals surface area contributed by atoms with Crippen molar-refractivity contribution < 1.29 is 4.79 Å². The lowest BCUT2D eigenvalue weighted by Gasteiger charge is -2.13. The molecule has 0 rings (SSSR count). The third-order valence-electron chi connectivity index (χ3n) is 1.69. The molecule has 1 atom stereocenters. The zero-order valence-corrected chi connectivity index (χ0v) is 9.62. The topological polar surface area (TPSA) is 29.1 Å². The van der Waals surface area contributed by atoms with Gasteiger partial charge in [-0.25, -0.2) is 0 Å². The van der Waals surface area contributed by atoms with E-state index in [0.29, 0.717) is 11.7 Å². The summed E-state index contributed by atoms with van der Waals surface area (Å²) in [4.78, 5) is 11.1. The second-order valence-corrected chi connectivity index (χ2v) is 4.40. The molecule has 1 unspecified atom stereocenters. The van der Waals surface area contributed by atoms with Gasteiger partial charge in [-0.2, -0.15) is 11.8 Å². The Kier molecular flexibility index (Phi) is 8.30. The second-order valence-electron chi connectivity index (χ2n) is 2.89. The molecule has 0 aliphatic heterocycles. The molecule has 0 aliphatic carbocycles. The van der Waals surface area contributed by atoms with E-state index in [0.717, 1.165) is 18.6 Å². The van der Waals surface area contributed by atoms with Crippen LogP contribution in [0.5, 0.6) is 0 Å². The van der Waals surface area contributed by atoms with Gasteiger partial charge in [0.1, 0.15) is 0 Å². The maximum atomic E-state index is 11.1. The lowest BCUT2D eigenvalue weighted by atomic mass is 10.3. The van der Waals surface area contributed by atoms with E-state index >= 15 is 0 Å². The fourth-order valence-electron chi connectivity index (χ4n) is 0.983. The van der Waals surface area contributed by atoms with Gasteiger partial charge in [0.05, 0.1) is 6.54 Å². The Bertz CT molecular complexity index is 139. The second kappa shape index (κ2) is 8.42. The van der Waals surface area contributed by atoms with Crippen LogP contribution in [0.3, 0.4) is 0 Å². The minimum absolute atomic E-state index is 0.137. The van der Waals surface area contributed by atoms with Crippen molar-refractivity contribution in [2.24, 2.45) is 0 Å². The molecule has 0 aromatic carbocycles. The van der Waals surface area contributed by atoms with Crippen LogP contribution in [0.2, 0.25) is 0 Å². The van der Waals surface area contributed by atoms with Crippen LogP contribution in [0, 0.1) is 6.54 Å². The van der Waals surface area contributed by atoms with Crippen molar-refractivity contribution in [2.45, 2.75) is 45.3 Å². The Morgan fingerprint density at radius 3 is 2.62 bits per heavy atom. The SMILES string of the molecule is CCCC(=O)N[CH]C(CC)SCC. The number of carbonyl (C=O) groups excluding carboxylic acids is 1. The highest BCUT2D eigenvalue weighted by atomic mass is 32.2. The molecular weight excluding hydrogens is 182 g/mol. The van der Waals surface area contributed by atoms with E-state index in [4.69, 9.17) is 0 Å². The quantitative estimate of drug-likeness (QED) is 0.687. The van der Waals surface area contributed by atoms with Crippen molar-refractivity contribution in [2.75, 3.05) is 5.75 Å². The van der Waals surface area contributed by atoms with E-state index < -0.39 is 0 Å². The highest BCUT2D eigenvalue weighted by Crippen LogP contribution is 2.15. The number of hydrogen-bond donors (Lipinski definition) is 1. The van der Waals surface area contributed by atoms with Gasteiger partial charge in [-0.05, 0) is 18.6 Å². The first-order chi connectivity index (χ1) is 6.24. The van der Waals surface area contributed by atoms with Crippen LogP contribution >= 0.6 is 11.8 Å². The van der Waals surface area contributed by atoms with Gasteiger partial charge >= 0.3 is 0 Å². The lowest BCUT2D eigenvalue weighted by molar-refractivity contribution is -0.120. The van der Waals surface area contributed by atoms with Crippen LogP contribution < -0.4 is 5.32 Å². The minimum atomic E-state index is 0.137. The lowest BCUT2D eigenvalue weighted by Crippen LogP contribution is -2.25. The number of amides is 1. The Morgan fingerprint density at radius 2 is 2.15 bits per heavy atom. The summed E-state index contributed by atoms with van der Waals surface area (Å²) in [5.41, 5.74) is 0.